The molecule has 2 aliphatic heterocycles. The second-order valence-corrected chi connectivity index (χ2v) is 7.88. The van der Waals surface area contributed by atoms with Crippen molar-refractivity contribution >= 4 is 5.91 Å². The monoisotopic (exact) mass is 419 g/mol. The molecule has 3 heterocycles. The van der Waals surface area contributed by atoms with Crippen LogP contribution in [0.5, 0.6) is 17.2 Å². The lowest BCUT2D eigenvalue weighted by Gasteiger charge is -2.38. The van der Waals surface area contributed by atoms with Crippen LogP contribution in [0.25, 0.3) is 0 Å². The molecule has 2 atom stereocenters. The molecule has 160 valence electrons. The second kappa shape index (κ2) is 7.98. The zero-order chi connectivity index (χ0) is 21.4. The van der Waals surface area contributed by atoms with E-state index < -0.39 is 0 Å². The van der Waals surface area contributed by atoms with Gasteiger partial charge in [0, 0.05) is 18.7 Å². The molecule has 5 rings (SSSR count). The SMILES string of the molecule is COc1ccc([C@@H]2c3nc[nH]c3CCN2C(=O)[C@@H]2COc3c(cccc3OC)C2)cc1. The van der Waals surface area contributed by atoms with Crippen molar-refractivity contribution in [1.82, 2.24) is 14.9 Å². The maximum absolute atomic E-state index is 13.7. The molecule has 2 aliphatic rings. The highest BCUT2D eigenvalue weighted by Gasteiger charge is 2.38. The molecule has 1 amide bonds. The lowest BCUT2D eigenvalue weighted by atomic mass is 9.91. The van der Waals surface area contributed by atoms with Gasteiger partial charge < -0.3 is 24.1 Å². The molecule has 0 bridgehead atoms. The minimum absolute atomic E-state index is 0.0861. The number of aromatic nitrogens is 2. The van der Waals surface area contributed by atoms with Crippen LogP contribution in [0.2, 0.25) is 0 Å². The lowest BCUT2D eigenvalue weighted by Crippen LogP contribution is -2.46. The fraction of sp³-hybridized carbons (Fsp3) is 0.333. The molecule has 31 heavy (non-hydrogen) atoms. The third kappa shape index (κ3) is 3.40. The molecule has 0 saturated heterocycles. The molecular weight excluding hydrogens is 394 g/mol. The minimum Gasteiger partial charge on any atom is -0.497 e. The highest BCUT2D eigenvalue weighted by Crippen LogP contribution is 2.39. The Kier molecular flexibility index (Phi) is 5.02. The average Bonchev–Trinajstić information content (AvgIpc) is 3.31. The number of rotatable bonds is 4. The van der Waals surface area contributed by atoms with E-state index in [2.05, 4.69) is 9.97 Å². The number of methoxy groups -OCH3 is 2. The first kappa shape index (κ1) is 19.5. The summed E-state index contributed by atoms with van der Waals surface area (Å²) in [6.45, 7) is 0.970. The number of carbonyl (C=O) groups is 1. The van der Waals surface area contributed by atoms with Crippen molar-refractivity contribution in [3.8, 4) is 17.2 Å². The fourth-order valence-corrected chi connectivity index (χ4v) is 4.59. The number of amides is 1. The molecule has 7 nitrogen and oxygen atoms in total. The zero-order valence-electron chi connectivity index (χ0n) is 17.6. The number of hydrogen-bond acceptors (Lipinski definition) is 5. The largest absolute Gasteiger partial charge is 0.497 e. The quantitative estimate of drug-likeness (QED) is 0.703. The number of fused-ring (bicyclic) bond motifs is 2. The zero-order valence-corrected chi connectivity index (χ0v) is 17.6. The van der Waals surface area contributed by atoms with Crippen molar-refractivity contribution < 1.29 is 19.0 Å². The van der Waals surface area contributed by atoms with E-state index in [0.717, 1.165) is 40.4 Å². The van der Waals surface area contributed by atoms with Crippen LogP contribution in [0, 0.1) is 5.92 Å². The van der Waals surface area contributed by atoms with Gasteiger partial charge in [0.2, 0.25) is 5.91 Å². The molecule has 0 unspecified atom stereocenters. The predicted molar refractivity (Wildman–Crippen MR) is 115 cm³/mol. The first-order valence-corrected chi connectivity index (χ1v) is 10.4. The van der Waals surface area contributed by atoms with Crippen molar-refractivity contribution in [1.29, 1.82) is 0 Å². The van der Waals surface area contributed by atoms with Crippen LogP contribution in [-0.2, 0) is 17.6 Å². The number of benzene rings is 2. The number of nitrogens with one attached hydrogen (secondary N) is 1. The Morgan fingerprint density at radius 2 is 2.00 bits per heavy atom. The van der Waals surface area contributed by atoms with Crippen LogP contribution in [0.1, 0.15) is 28.6 Å². The van der Waals surface area contributed by atoms with Gasteiger partial charge in [0.25, 0.3) is 0 Å². The van der Waals surface area contributed by atoms with Gasteiger partial charge in [-0.05, 0) is 35.7 Å². The van der Waals surface area contributed by atoms with E-state index in [1.54, 1.807) is 20.5 Å². The molecule has 0 saturated carbocycles. The molecule has 7 heteroatoms. The van der Waals surface area contributed by atoms with E-state index in [4.69, 9.17) is 14.2 Å². The maximum Gasteiger partial charge on any atom is 0.230 e. The van der Waals surface area contributed by atoms with Crippen LogP contribution in [0.4, 0.5) is 0 Å². The summed E-state index contributed by atoms with van der Waals surface area (Å²) >= 11 is 0. The van der Waals surface area contributed by atoms with Gasteiger partial charge >= 0.3 is 0 Å². The standard InChI is InChI=1S/C24H25N3O4/c1-29-18-8-6-15(7-9-18)22-21-19(25-14-26-21)10-11-27(22)24(28)17-12-16-4-3-5-20(30-2)23(16)31-13-17/h3-9,14,17,22H,10-13H2,1-2H3,(H,25,26)/t17-,22+/m0/s1. The normalized spacial score (nSPS) is 19.7. The highest BCUT2D eigenvalue weighted by molar-refractivity contribution is 5.81. The van der Waals surface area contributed by atoms with Gasteiger partial charge in [0.05, 0.1) is 32.2 Å². The first-order chi connectivity index (χ1) is 15.2. The summed E-state index contributed by atoms with van der Waals surface area (Å²) in [5.74, 6) is 2.07. The summed E-state index contributed by atoms with van der Waals surface area (Å²) < 4.78 is 16.7. The summed E-state index contributed by atoms with van der Waals surface area (Å²) in [5, 5.41) is 0. The molecule has 1 N–H and O–H groups in total. The number of H-pyrrole nitrogens is 1. The minimum atomic E-state index is -0.249. The summed E-state index contributed by atoms with van der Waals surface area (Å²) in [6, 6.07) is 13.4. The summed E-state index contributed by atoms with van der Waals surface area (Å²) in [5.41, 5.74) is 4.01. The Balaban J connectivity index is 1.45. The maximum atomic E-state index is 13.7. The first-order valence-electron chi connectivity index (χ1n) is 10.4. The summed E-state index contributed by atoms with van der Waals surface area (Å²) in [6.07, 6.45) is 3.09. The number of hydrogen-bond donors (Lipinski definition) is 1. The van der Waals surface area contributed by atoms with Crippen LogP contribution >= 0.6 is 0 Å². The molecule has 0 radical (unpaired) electrons. The van der Waals surface area contributed by atoms with Crippen LogP contribution in [0.15, 0.2) is 48.8 Å². The van der Waals surface area contributed by atoms with E-state index in [1.165, 1.54) is 0 Å². The molecule has 1 aromatic heterocycles. The van der Waals surface area contributed by atoms with Gasteiger partial charge in [-0.1, -0.05) is 24.3 Å². The Labute approximate surface area is 181 Å². The Bertz CT molecular complexity index is 1090. The van der Waals surface area contributed by atoms with Crippen LogP contribution in [0.3, 0.4) is 0 Å². The summed E-state index contributed by atoms with van der Waals surface area (Å²) in [7, 11) is 3.28. The van der Waals surface area contributed by atoms with E-state index in [0.29, 0.717) is 25.3 Å². The number of imidazole rings is 1. The topological polar surface area (TPSA) is 76.7 Å². The average molecular weight is 419 g/mol. The third-order valence-corrected chi connectivity index (χ3v) is 6.16. The molecule has 0 fully saturated rings. The van der Waals surface area contributed by atoms with Crippen molar-refractivity contribution in [2.45, 2.75) is 18.9 Å². The Hall–Kier alpha value is -3.48. The number of ether oxygens (including phenoxy) is 3. The summed E-state index contributed by atoms with van der Waals surface area (Å²) in [4.78, 5) is 23.5. The highest BCUT2D eigenvalue weighted by atomic mass is 16.5. The molecule has 0 aliphatic carbocycles. The molecule has 2 aromatic carbocycles. The van der Waals surface area contributed by atoms with Gasteiger partial charge in [0.1, 0.15) is 18.4 Å². The molecule has 3 aromatic rings. The van der Waals surface area contributed by atoms with Crippen LogP contribution in [-0.4, -0.2) is 48.1 Å². The van der Waals surface area contributed by atoms with Gasteiger partial charge in [0.15, 0.2) is 11.5 Å². The van der Waals surface area contributed by atoms with Crippen LogP contribution < -0.4 is 14.2 Å². The molecular formula is C24H25N3O4. The van der Waals surface area contributed by atoms with Gasteiger partial charge in [-0.2, -0.15) is 0 Å². The second-order valence-electron chi connectivity index (χ2n) is 7.88. The third-order valence-electron chi connectivity index (χ3n) is 6.16. The van der Waals surface area contributed by atoms with Crippen molar-refractivity contribution in [2.24, 2.45) is 5.92 Å². The number of para-hydroxylation sites is 1. The number of aromatic amines is 1. The Morgan fingerprint density at radius 3 is 2.77 bits per heavy atom. The van der Waals surface area contributed by atoms with Gasteiger partial charge in [-0.3, -0.25) is 4.79 Å². The van der Waals surface area contributed by atoms with Gasteiger partial charge in [-0.25, -0.2) is 4.98 Å². The van der Waals surface area contributed by atoms with E-state index in [1.807, 2.05) is 47.4 Å². The smallest absolute Gasteiger partial charge is 0.230 e. The molecule has 0 spiro atoms. The number of carbonyl (C=O) groups excluding carboxylic acids is 1. The Morgan fingerprint density at radius 1 is 1.16 bits per heavy atom. The number of nitrogens with zero attached hydrogens (tertiary/aromatic N) is 2. The van der Waals surface area contributed by atoms with Gasteiger partial charge in [-0.15, -0.1) is 0 Å². The fourth-order valence-electron chi connectivity index (χ4n) is 4.59. The predicted octanol–water partition coefficient (Wildman–Crippen LogP) is 3.15. The van der Waals surface area contributed by atoms with E-state index >= 15 is 0 Å². The lowest BCUT2D eigenvalue weighted by molar-refractivity contribution is -0.139. The van der Waals surface area contributed by atoms with Crippen molar-refractivity contribution in [3.05, 3.63) is 71.3 Å². The van der Waals surface area contributed by atoms with Crippen molar-refractivity contribution in [3.63, 3.8) is 0 Å². The van der Waals surface area contributed by atoms with Crippen molar-refractivity contribution in [2.75, 3.05) is 27.4 Å². The van der Waals surface area contributed by atoms with E-state index in [-0.39, 0.29) is 17.9 Å². The van der Waals surface area contributed by atoms with E-state index in [9.17, 15) is 4.79 Å².